The lowest BCUT2D eigenvalue weighted by Gasteiger charge is -2.26. The molecule has 1 saturated heterocycles. The number of carbonyl (C=O) groups excluding carboxylic acids is 2. The van der Waals surface area contributed by atoms with Crippen molar-refractivity contribution < 1.29 is 18.7 Å². The Morgan fingerprint density at radius 3 is 2.65 bits per heavy atom. The van der Waals surface area contributed by atoms with Gasteiger partial charge in [-0.05, 0) is 30.3 Å². The van der Waals surface area contributed by atoms with Crippen molar-refractivity contribution in [2.24, 2.45) is 0 Å². The lowest BCUT2D eigenvalue weighted by atomic mass is 10.1. The normalized spacial score (nSPS) is 13.9. The average Bonchev–Trinajstić information content (AvgIpc) is 3.76. The number of imidazole rings is 1. The van der Waals surface area contributed by atoms with Crippen LogP contribution in [0.3, 0.4) is 0 Å². The Morgan fingerprint density at radius 2 is 1.85 bits per heavy atom. The molecule has 2 aromatic carbocycles. The Labute approximate surface area is 234 Å². The van der Waals surface area contributed by atoms with E-state index in [1.807, 2.05) is 47.0 Å². The summed E-state index contributed by atoms with van der Waals surface area (Å²) >= 11 is 1.33. The minimum atomic E-state index is -0.245. The third-order valence-electron chi connectivity index (χ3n) is 6.77. The lowest BCUT2D eigenvalue weighted by molar-refractivity contribution is 0.0366. The van der Waals surface area contributed by atoms with Crippen molar-refractivity contribution in [2.75, 3.05) is 50.0 Å². The number of amides is 1. The van der Waals surface area contributed by atoms with Crippen molar-refractivity contribution in [2.45, 2.75) is 6.54 Å². The number of nitrogens with one attached hydrogen (secondary N) is 2. The van der Waals surface area contributed by atoms with Gasteiger partial charge in [-0.1, -0.05) is 30.3 Å². The minimum absolute atomic E-state index is 0.00494. The predicted molar refractivity (Wildman–Crippen MR) is 154 cm³/mol. The fourth-order valence-electron chi connectivity index (χ4n) is 4.63. The third kappa shape index (κ3) is 5.81. The number of anilines is 2. The number of hydrogen-bond donors (Lipinski definition) is 2. The van der Waals surface area contributed by atoms with Gasteiger partial charge in [-0.2, -0.15) is 0 Å². The maximum Gasteiger partial charge on any atom is 0.268 e. The number of morpholine rings is 1. The van der Waals surface area contributed by atoms with Crippen molar-refractivity contribution in [3.8, 4) is 10.6 Å². The van der Waals surface area contributed by atoms with Crippen LogP contribution in [0.25, 0.3) is 21.7 Å². The van der Waals surface area contributed by atoms with E-state index in [2.05, 4.69) is 20.5 Å². The van der Waals surface area contributed by atoms with E-state index in [0.717, 1.165) is 54.4 Å². The zero-order valence-electron chi connectivity index (χ0n) is 21.7. The molecule has 204 valence electrons. The fourth-order valence-corrected chi connectivity index (χ4v) is 5.48. The molecule has 11 heteroatoms. The van der Waals surface area contributed by atoms with Gasteiger partial charge in [-0.3, -0.25) is 19.8 Å². The summed E-state index contributed by atoms with van der Waals surface area (Å²) in [5.74, 6) is 0.851. The molecule has 1 aliphatic rings. The second-order valence-corrected chi connectivity index (χ2v) is 10.5. The van der Waals surface area contributed by atoms with E-state index in [0.29, 0.717) is 28.7 Å². The quantitative estimate of drug-likeness (QED) is 0.239. The molecule has 40 heavy (non-hydrogen) atoms. The first-order valence-corrected chi connectivity index (χ1v) is 13.9. The summed E-state index contributed by atoms with van der Waals surface area (Å²) in [4.78, 5) is 38.2. The molecule has 0 aliphatic carbocycles. The van der Waals surface area contributed by atoms with Crippen LogP contribution in [0.15, 0.2) is 77.7 Å². The molecule has 1 aliphatic heterocycles. The van der Waals surface area contributed by atoms with Crippen molar-refractivity contribution in [1.29, 1.82) is 0 Å². The number of oxazole rings is 1. The Kier molecular flexibility index (Phi) is 7.67. The molecule has 4 heterocycles. The lowest BCUT2D eigenvalue weighted by Crippen LogP contribution is -2.38. The first kappa shape index (κ1) is 25.9. The van der Waals surface area contributed by atoms with Crippen LogP contribution in [-0.4, -0.2) is 70.5 Å². The van der Waals surface area contributed by atoms with Crippen molar-refractivity contribution in [1.82, 2.24) is 19.4 Å². The van der Waals surface area contributed by atoms with Gasteiger partial charge in [0.2, 0.25) is 5.95 Å². The number of hydrogen-bond acceptors (Lipinski definition) is 9. The highest BCUT2D eigenvalue weighted by atomic mass is 32.1. The first-order chi connectivity index (χ1) is 19.6. The van der Waals surface area contributed by atoms with E-state index in [-0.39, 0.29) is 18.2 Å². The summed E-state index contributed by atoms with van der Waals surface area (Å²) in [6.07, 6.45) is 2.99. The molecule has 1 amide bonds. The first-order valence-electron chi connectivity index (χ1n) is 13.1. The van der Waals surface area contributed by atoms with Crippen molar-refractivity contribution >= 4 is 45.7 Å². The molecule has 3 aromatic heterocycles. The summed E-state index contributed by atoms with van der Waals surface area (Å²) < 4.78 is 12.9. The van der Waals surface area contributed by atoms with E-state index < -0.39 is 0 Å². The number of nitrogens with zero attached hydrogens (tertiary/aromatic N) is 4. The second kappa shape index (κ2) is 11.8. The van der Waals surface area contributed by atoms with Crippen LogP contribution < -0.4 is 10.6 Å². The topological polar surface area (TPSA) is 115 Å². The van der Waals surface area contributed by atoms with E-state index in [1.54, 1.807) is 24.4 Å². The number of carbonyl (C=O) groups is 2. The van der Waals surface area contributed by atoms with Crippen LogP contribution in [0, 0.1) is 0 Å². The maximum atomic E-state index is 13.2. The van der Waals surface area contributed by atoms with E-state index >= 15 is 0 Å². The van der Waals surface area contributed by atoms with Crippen LogP contribution in [0.1, 0.15) is 20.0 Å². The van der Waals surface area contributed by atoms with Crippen LogP contribution in [0.2, 0.25) is 0 Å². The van der Waals surface area contributed by atoms with E-state index in [1.165, 1.54) is 17.7 Å². The van der Waals surface area contributed by atoms with Crippen LogP contribution in [-0.2, 0) is 11.3 Å². The van der Waals surface area contributed by atoms with Crippen LogP contribution in [0.5, 0.6) is 0 Å². The molecule has 1 fully saturated rings. The molecule has 0 unspecified atom stereocenters. The summed E-state index contributed by atoms with van der Waals surface area (Å²) in [5.41, 5.74) is 3.07. The van der Waals surface area contributed by atoms with E-state index in [4.69, 9.17) is 14.1 Å². The van der Waals surface area contributed by atoms with Crippen LogP contribution in [0.4, 0.5) is 11.6 Å². The van der Waals surface area contributed by atoms with Gasteiger partial charge in [0.25, 0.3) is 5.91 Å². The smallest absolute Gasteiger partial charge is 0.268 e. The molecule has 6 rings (SSSR count). The SMILES string of the molecule is O=C(CNc1ccc2c(c1)nc(NC(=O)c1ccc(-c3cnco3)s1)n2CCN1CCOCC1)c1ccccc1. The number of aromatic nitrogens is 3. The largest absolute Gasteiger partial charge is 0.443 e. The second-order valence-electron chi connectivity index (χ2n) is 9.37. The summed E-state index contributed by atoms with van der Waals surface area (Å²) in [5, 5.41) is 6.22. The highest BCUT2D eigenvalue weighted by Crippen LogP contribution is 2.29. The number of Topliss-reactive ketones (excluding diaryl/α,β-unsaturated/α-hetero) is 1. The molecule has 5 aromatic rings. The molecule has 0 saturated carbocycles. The molecule has 0 radical (unpaired) electrons. The predicted octanol–water partition coefficient (Wildman–Crippen LogP) is 4.63. The van der Waals surface area contributed by atoms with Crippen LogP contribution >= 0.6 is 11.3 Å². The number of rotatable bonds is 10. The van der Waals surface area contributed by atoms with Gasteiger partial charge >= 0.3 is 0 Å². The summed E-state index contributed by atoms with van der Waals surface area (Å²) in [6.45, 7) is 4.81. The zero-order chi connectivity index (χ0) is 27.3. The molecule has 0 spiro atoms. The van der Waals surface area contributed by atoms with Gasteiger partial charge in [-0.25, -0.2) is 9.97 Å². The van der Waals surface area contributed by atoms with Gasteiger partial charge in [0.15, 0.2) is 17.9 Å². The van der Waals surface area contributed by atoms with E-state index in [9.17, 15) is 9.59 Å². The Morgan fingerprint density at radius 1 is 1.00 bits per heavy atom. The maximum absolute atomic E-state index is 13.2. The number of thiophene rings is 1. The van der Waals surface area contributed by atoms with Gasteiger partial charge in [0.1, 0.15) is 0 Å². The average molecular weight is 557 g/mol. The van der Waals surface area contributed by atoms with Gasteiger partial charge < -0.3 is 19.0 Å². The fraction of sp³-hybridized carbons (Fsp3) is 0.241. The number of benzene rings is 2. The number of ether oxygens (including phenoxy) is 1. The molecular weight excluding hydrogens is 528 g/mol. The minimum Gasteiger partial charge on any atom is -0.443 e. The summed E-state index contributed by atoms with van der Waals surface area (Å²) in [7, 11) is 0. The highest BCUT2D eigenvalue weighted by Gasteiger charge is 2.19. The highest BCUT2D eigenvalue weighted by molar-refractivity contribution is 7.17. The number of ketones is 1. The van der Waals surface area contributed by atoms with Crippen molar-refractivity contribution in [3.63, 3.8) is 0 Å². The molecule has 10 nitrogen and oxygen atoms in total. The van der Waals surface area contributed by atoms with Gasteiger partial charge in [0, 0.05) is 37.4 Å². The Balaban J connectivity index is 1.23. The standard InChI is InChI=1S/C29H28N6O4S/c36-24(20-4-2-1-3-5-20)17-31-21-6-7-23-22(16-21)32-29(35(23)11-10-34-12-14-38-15-13-34)33-28(37)27-9-8-26(40-27)25-18-30-19-39-25/h1-9,16,18-19,31H,10-15,17H2,(H,32,33,37). The summed E-state index contributed by atoms with van der Waals surface area (Å²) in [6, 6.07) is 18.6. The zero-order valence-corrected chi connectivity index (χ0v) is 22.5. The Bertz CT molecular complexity index is 1610. The Hall–Kier alpha value is -4.32. The molecule has 0 bridgehead atoms. The van der Waals surface area contributed by atoms with Gasteiger partial charge in [0.05, 0.1) is 46.7 Å². The molecule has 0 atom stereocenters. The monoisotopic (exact) mass is 556 g/mol. The molecular formula is C29H28N6O4S. The van der Waals surface area contributed by atoms with Gasteiger partial charge in [-0.15, -0.1) is 11.3 Å². The molecule has 2 N–H and O–H groups in total. The number of fused-ring (bicyclic) bond motifs is 1. The third-order valence-corrected chi connectivity index (χ3v) is 7.87. The van der Waals surface area contributed by atoms with Crippen molar-refractivity contribution in [3.05, 3.63) is 83.7 Å².